The van der Waals surface area contributed by atoms with E-state index in [-0.39, 0.29) is 40.7 Å². The van der Waals surface area contributed by atoms with Gasteiger partial charge in [0, 0.05) is 36.2 Å². The normalized spacial score (nSPS) is 12.4. The van der Waals surface area contributed by atoms with Crippen LogP contribution in [0.2, 0.25) is 0 Å². The molecular weight excluding hydrogens is 453 g/mol. The molecule has 3 aromatic rings. The van der Waals surface area contributed by atoms with Crippen molar-refractivity contribution in [1.82, 2.24) is 20.4 Å². The van der Waals surface area contributed by atoms with Gasteiger partial charge in [-0.2, -0.15) is 13.2 Å². The molecule has 1 aromatic carbocycles. The number of carbonyl (C=O) groups excluding carboxylic acids is 2. The summed E-state index contributed by atoms with van der Waals surface area (Å²) in [6.07, 6.45) is -3.33. The Hall–Kier alpha value is -3.80. The number of amides is 1. The van der Waals surface area contributed by atoms with Gasteiger partial charge < -0.3 is 20.9 Å². The number of alkyl halides is 3. The molecule has 1 atom stereocenters. The molecule has 2 heterocycles. The lowest BCUT2D eigenvalue weighted by atomic mass is 9.97. The number of hydrogen-bond acceptors (Lipinski definition) is 8. The first kappa shape index (κ1) is 24.8. The number of nitrogens with one attached hydrogen (secondary N) is 2. The average Bonchev–Trinajstić information content (AvgIpc) is 3.26. The zero-order valence-corrected chi connectivity index (χ0v) is 18.7. The number of benzene rings is 1. The Bertz CT molecular complexity index is 1210. The number of Topliss-reactive ketones (excluding diaryl/α,β-unsaturated/α-hetero) is 1. The van der Waals surface area contributed by atoms with Crippen molar-refractivity contribution in [3.63, 3.8) is 0 Å². The van der Waals surface area contributed by atoms with Crippen molar-refractivity contribution in [2.45, 2.75) is 38.9 Å². The van der Waals surface area contributed by atoms with Crippen LogP contribution in [0.4, 0.5) is 24.7 Å². The van der Waals surface area contributed by atoms with Crippen molar-refractivity contribution < 1.29 is 27.3 Å². The third-order valence-electron chi connectivity index (χ3n) is 5.15. The number of halogens is 3. The SMILES string of the molecule is CNCc1c(N)ncnc1C(=O)C[C@@H](C)c1cc(C(=O)Nc2ccc(C)c(C(F)(F)F)c2)on1. The van der Waals surface area contributed by atoms with Gasteiger partial charge in [0.2, 0.25) is 5.76 Å². The number of aryl methyl sites for hydroxylation is 1. The summed E-state index contributed by atoms with van der Waals surface area (Å²) in [5.74, 6) is -1.50. The number of rotatable bonds is 8. The summed E-state index contributed by atoms with van der Waals surface area (Å²) in [4.78, 5) is 33.2. The predicted molar refractivity (Wildman–Crippen MR) is 117 cm³/mol. The topological polar surface area (TPSA) is 136 Å². The standard InChI is InChI=1S/C22H23F3N6O3/c1-11-4-5-13(7-15(11)22(23,24)25)30-21(33)18-8-16(31-34-18)12(2)6-17(32)19-14(9-27-3)20(26)29-10-28-19/h4-5,7-8,10,12,27H,6,9H2,1-3H3,(H,30,33)(H2,26,28,29)/t12-/m1/s1. The van der Waals surface area contributed by atoms with Crippen molar-refractivity contribution in [3.05, 3.63) is 64.4 Å². The number of anilines is 2. The Morgan fingerprint density at radius 3 is 2.62 bits per heavy atom. The van der Waals surface area contributed by atoms with E-state index >= 15 is 0 Å². The van der Waals surface area contributed by atoms with Gasteiger partial charge in [0.1, 0.15) is 17.8 Å². The van der Waals surface area contributed by atoms with Gasteiger partial charge in [-0.1, -0.05) is 18.1 Å². The van der Waals surface area contributed by atoms with Crippen LogP contribution in [0.3, 0.4) is 0 Å². The summed E-state index contributed by atoms with van der Waals surface area (Å²) in [5.41, 5.74) is 6.00. The van der Waals surface area contributed by atoms with E-state index in [1.165, 1.54) is 31.5 Å². The first-order chi connectivity index (χ1) is 16.0. The summed E-state index contributed by atoms with van der Waals surface area (Å²) >= 11 is 0. The van der Waals surface area contributed by atoms with E-state index in [2.05, 4.69) is 25.8 Å². The maximum atomic E-state index is 13.1. The quantitative estimate of drug-likeness (QED) is 0.419. The molecule has 0 fully saturated rings. The Kier molecular flexibility index (Phi) is 7.30. The lowest BCUT2D eigenvalue weighted by Gasteiger charge is -2.12. The first-order valence-corrected chi connectivity index (χ1v) is 10.2. The molecular formula is C22H23F3N6O3. The molecule has 3 rings (SSSR count). The number of ketones is 1. The van der Waals surface area contributed by atoms with Gasteiger partial charge in [-0.15, -0.1) is 0 Å². The third kappa shape index (κ3) is 5.57. The van der Waals surface area contributed by atoms with Gasteiger partial charge in [0.25, 0.3) is 5.91 Å². The minimum Gasteiger partial charge on any atom is -0.383 e. The minimum atomic E-state index is -4.55. The van der Waals surface area contributed by atoms with Crippen LogP contribution in [-0.4, -0.2) is 33.9 Å². The summed E-state index contributed by atoms with van der Waals surface area (Å²) in [7, 11) is 1.70. The average molecular weight is 476 g/mol. The molecule has 0 spiro atoms. The van der Waals surface area contributed by atoms with E-state index in [0.717, 1.165) is 6.07 Å². The van der Waals surface area contributed by atoms with Crippen LogP contribution in [0.15, 0.2) is 35.1 Å². The zero-order valence-electron chi connectivity index (χ0n) is 18.7. The molecule has 0 saturated heterocycles. The highest BCUT2D eigenvalue weighted by molar-refractivity contribution is 6.02. The fourth-order valence-corrected chi connectivity index (χ4v) is 3.32. The van der Waals surface area contributed by atoms with Crippen molar-refractivity contribution in [1.29, 1.82) is 0 Å². The Labute approximate surface area is 192 Å². The molecule has 0 unspecified atom stereocenters. The maximum Gasteiger partial charge on any atom is 0.416 e. The molecule has 4 N–H and O–H groups in total. The number of aromatic nitrogens is 3. The molecule has 34 heavy (non-hydrogen) atoms. The first-order valence-electron chi connectivity index (χ1n) is 10.2. The summed E-state index contributed by atoms with van der Waals surface area (Å²) < 4.78 is 44.4. The monoisotopic (exact) mass is 476 g/mol. The molecule has 9 nitrogen and oxygen atoms in total. The zero-order chi connectivity index (χ0) is 25.0. The summed E-state index contributed by atoms with van der Waals surface area (Å²) in [5, 5.41) is 9.11. The van der Waals surface area contributed by atoms with Crippen molar-refractivity contribution in [3.8, 4) is 0 Å². The molecule has 0 aliphatic heterocycles. The van der Waals surface area contributed by atoms with Crippen LogP contribution in [-0.2, 0) is 12.7 Å². The molecule has 0 aliphatic rings. The molecule has 0 bridgehead atoms. The second kappa shape index (κ2) is 10.00. The lowest BCUT2D eigenvalue weighted by Crippen LogP contribution is -2.17. The number of nitrogen functional groups attached to an aromatic ring is 1. The Morgan fingerprint density at radius 2 is 1.94 bits per heavy atom. The van der Waals surface area contributed by atoms with Crippen molar-refractivity contribution in [2.24, 2.45) is 0 Å². The smallest absolute Gasteiger partial charge is 0.383 e. The van der Waals surface area contributed by atoms with E-state index in [9.17, 15) is 22.8 Å². The number of nitrogens with zero attached hydrogens (tertiary/aromatic N) is 3. The second-order valence-corrected chi connectivity index (χ2v) is 7.74. The fourth-order valence-electron chi connectivity index (χ4n) is 3.32. The van der Waals surface area contributed by atoms with Gasteiger partial charge in [-0.25, -0.2) is 9.97 Å². The summed E-state index contributed by atoms with van der Waals surface area (Å²) in [6, 6.07) is 4.81. The van der Waals surface area contributed by atoms with E-state index in [4.69, 9.17) is 10.3 Å². The van der Waals surface area contributed by atoms with Crippen LogP contribution in [0.5, 0.6) is 0 Å². The van der Waals surface area contributed by atoms with Crippen LogP contribution in [0.25, 0.3) is 0 Å². The summed E-state index contributed by atoms with van der Waals surface area (Å²) in [6.45, 7) is 3.36. The number of carbonyl (C=O) groups is 2. The van der Waals surface area contributed by atoms with E-state index < -0.39 is 23.6 Å². The molecule has 2 aromatic heterocycles. The molecule has 180 valence electrons. The largest absolute Gasteiger partial charge is 0.416 e. The van der Waals surface area contributed by atoms with Crippen molar-refractivity contribution >= 4 is 23.2 Å². The van der Waals surface area contributed by atoms with E-state index in [0.29, 0.717) is 17.8 Å². The van der Waals surface area contributed by atoms with Gasteiger partial charge in [0.15, 0.2) is 5.78 Å². The van der Waals surface area contributed by atoms with Crippen molar-refractivity contribution in [2.75, 3.05) is 18.1 Å². The Morgan fingerprint density at radius 1 is 1.21 bits per heavy atom. The maximum absolute atomic E-state index is 13.1. The van der Waals surface area contributed by atoms with Gasteiger partial charge >= 0.3 is 6.18 Å². The van der Waals surface area contributed by atoms with E-state index in [1.54, 1.807) is 14.0 Å². The lowest BCUT2D eigenvalue weighted by molar-refractivity contribution is -0.138. The van der Waals surface area contributed by atoms with Crippen LogP contribution in [0.1, 0.15) is 62.7 Å². The second-order valence-electron chi connectivity index (χ2n) is 7.74. The van der Waals surface area contributed by atoms with Crippen LogP contribution < -0.4 is 16.4 Å². The van der Waals surface area contributed by atoms with E-state index in [1.807, 2.05) is 0 Å². The highest BCUT2D eigenvalue weighted by Gasteiger charge is 2.32. The third-order valence-corrected chi connectivity index (χ3v) is 5.15. The van der Waals surface area contributed by atoms with Gasteiger partial charge in [0.05, 0.1) is 11.3 Å². The predicted octanol–water partition coefficient (Wildman–Crippen LogP) is 3.72. The molecule has 1 amide bonds. The Balaban J connectivity index is 1.71. The van der Waals surface area contributed by atoms with Gasteiger partial charge in [-0.05, 0) is 31.7 Å². The number of hydrogen-bond donors (Lipinski definition) is 3. The molecule has 0 aliphatic carbocycles. The highest BCUT2D eigenvalue weighted by atomic mass is 19.4. The fraction of sp³-hybridized carbons (Fsp3) is 0.318. The van der Waals surface area contributed by atoms with Crippen LogP contribution in [0, 0.1) is 6.92 Å². The minimum absolute atomic E-state index is 0.00760. The van der Waals surface area contributed by atoms with Gasteiger partial charge in [-0.3, -0.25) is 9.59 Å². The highest BCUT2D eigenvalue weighted by Crippen LogP contribution is 2.33. The number of nitrogens with two attached hydrogens (primary N) is 1. The van der Waals surface area contributed by atoms with Crippen LogP contribution >= 0.6 is 0 Å². The molecule has 12 heteroatoms. The molecule has 0 saturated carbocycles. The molecule has 0 radical (unpaired) electrons.